The van der Waals surface area contributed by atoms with Crippen LogP contribution in [0.4, 0.5) is 5.69 Å². The number of rotatable bonds is 7. The van der Waals surface area contributed by atoms with Crippen LogP contribution in [0.5, 0.6) is 0 Å². The summed E-state index contributed by atoms with van der Waals surface area (Å²) in [5.41, 5.74) is 25.0. The normalized spacial score (nSPS) is 18.1. The van der Waals surface area contributed by atoms with E-state index in [1.165, 1.54) is 67.1 Å². The highest BCUT2D eigenvalue weighted by Crippen LogP contribution is 2.44. The molecule has 0 spiro atoms. The average molecular weight is 911 g/mol. The fourth-order valence-electron chi connectivity index (χ4n) is 8.18. The van der Waals surface area contributed by atoms with Crippen molar-refractivity contribution in [3.05, 3.63) is 272 Å². The second-order valence-electron chi connectivity index (χ2n) is 16.8. The van der Waals surface area contributed by atoms with E-state index < -0.39 is 0 Å². The molecule has 0 fully saturated rings. The lowest BCUT2D eigenvalue weighted by molar-refractivity contribution is 0.399. The molecule has 3 heteroatoms. The molecule has 8 rings (SSSR count). The fraction of sp³-hybridized carbons (Fsp3) is 0.182. The minimum absolute atomic E-state index is 0.272. The lowest BCUT2D eigenvalue weighted by atomic mass is 9.70. The predicted molar refractivity (Wildman–Crippen MR) is 305 cm³/mol. The van der Waals surface area contributed by atoms with Gasteiger partial charge in [0.1, 0.15) is 0 Å². The molecule has 354 valence electrons. The average Bonchev–Trinajstić information content (AvgIpc) is 3.40. The lowest BCUT2D eigenvalue weighted by Crippen LogP contribution is -2.24. The molecule has 0 amide bonds. The molecule has 2 aliphatic rings. The van der Waals surface area contributed by atoms with Crippen molar-refractivity contribution < 1.29 is 5.11 Å². The van der Waals surface area contributed by atoms with Crippen LogP contribution in [0.15, 0.2) is 261 Å². The van der Waals surface area contributed by atoms with Gasteiger partial charge in [0.25, 0.3) is 0 Å². The summed E-state index contributed by atoms with van der Waals surface area (Å²) in [5, 5.41) is 9.51. The van der Waals surface area contributed by atoms with Crippen molar-refractivity contribution in [2.75, 3.05) is 12.8 Å². The van der Waals surface area contributed by atoms with E-state index in [2.05, 4.69) is 179 Å². The highest BCUT2D eigenvalue weighted by atomic mass is 16.2. The number of hydrogen-bond acceptors (Lipinski definition) is 3. The van der Waals surface area contributed by atoms with Gasteiger partial charge in [0.15, 0.2) is 0 Å². The molecule has 0 radical (unpaired) electrons. The molecular formula is C66H74N2O. The molecule has 0 aliphatic heterocycles. The van der Waals surface area contributed by atoms with Gasteiger partial charge in [-0.05, 0) is 137 Å². The number of anilines is 1. The molecule has 69 heavy (non-hydrogen) atoms. The third kappa shape index (κ3) is 16.1. The fourth-order valence-corrected chi connectivity index (χ4v) is 8.18. The van der Waals surface area contributed by atoms with Crippen LogP contribution < -0.4 is 11.5 Å². The van der Waals surface area contributed by atoms with E-state index in [0.29, 0.717) is 5.92 Å². The zero-order valence-electron chi connectivity index (χ0n) is 41.9. The van der Waals surface area contributed by atoms with Crippen molar-refractivity contribution in [3.8, 4) is 33.4 Å². The Labute approximate surface area is 415 Å². The Morgan fingerprint density at radius 3 is 1.80 bits per heavy atom. The van der Waals surface area contributed by atoms with Gasteiger partial charge in [-0.25, -0.2) is 0 Å². The number of nitrogens with two attached hydrogens (primary N) is 2. The molecule has 0 saturated carbocycles. The minimum Gasteiger partial charge on any atom is -0.405 e. The van der Waals surface area contributed by atoms with E-state index in [0.717, 1.165) is 49.6 Å². The van der Waals surface area contributed by atoms with E-state index in [-0.39, 0.29) is 5.41 Å². The number of aliphatic hydroxyl groups is 1. The summed E-state index contributed by atoms with van der Waals surface area (Å²) in [4.78, 5) is 0. The van der Waals surface area contributed by atoms with Crippen molar-refractivity contribution in [2.45, 2.75) is 71.6 Å². The highest BCUT2D eigenvalue weighted by molar-refractivity contribution is 5.90. The van der Waals surface area contributed by atoms with Gasteiger partial charge in [-0.1, -0.05) is 239 Å². The Morgan fingerprint density at radius 1 is 0.623 bits per heavy atom. The molecule has 2 aliphatic carbocycles. The molecule has 6 aromatic rings. The topological polar surface area (TPSA) is 72.3 Å². The second-order valence-corrected chi connectivity index (χ2v) is 16.8. The SMILES string of the molecule is C/C=C/C=C\C=C/N.C=C1/C=C\C=C/C(=C)C(C)(c2cc3ccccc3cc2-c2ccc(-c3ccc(C4CC=CC=C4C)cc3)cc2)C/C=C\CC1.CC.CO.Nc1ccc(-c2ccccc2)cc1. The van der Waals surface area contributed by atoms with Gasteiger partial charge < -0.3 is 16.6 Å². The van der Waals surface area contributed by atoms with E-state index in [1.54, 1.807) is 6.08 Å². The molecular weight excluding hydrogens is 837 g/mol. The first-order chi connectivity index (χ1) is 33.7. The number of hydrogen-bond donors (Lipinski definition) is 3. The third-order valence-electron chi connectivity index (χ3n) is 12.2. The Balaban J connectivity index is 0.000000339. The molecule has 2 unspecified atom stereocenters. The van der Waals surface area contributed by atoms with E-state index in [1.807, 2.05) is 87.5 Å². The summed E-state index contributed by atoms with van der Waals surface area (Å²) in [6.45, 7) is 19.4. The number of nitrogen functional groups attached to an aromatic ring is 1. The Kier molecular flexibility index (Phi) is 23.0. The maximum atomic E-state index is 7.00. The maximum absolute atomic E-state index is 7.00. The van der Waals surface area contributed by atoms with Crippen molar-refractivity contribution in [1.29, 1.82) is 0 Å². The van der Waals surface area contributed by atoms with Crippen molar-refractivity contribution >= 4 is 16.5 Å². The Morgan fingerprint density at radius 2 is 1.17 bits per heavy atom. The van der Waals surface area contributed by atoms with Gasteiger partial charge in [-0.15, -0.1) is 0 Å². The molecule has 0 saturated heterocycles. The number of aliphatic hydroxyl groups excluding tert-OH is 1. The lowest BCUT2D eigenvalue weighted by Gasteiger charge is -2.33. The molecule has 3 nitrogen and oxygen atoms in total. The smallest absolute Gasteiger partial charge is 0.0319 e. The van der Waals surface area contributed by atoms with Gasteiger partial charge in [0.05, 0.1) is 0 Å². The highest BCUT2D eigenvalue weighted by Gasteiger charge is 2.31. The maximum Gasteiger partial charge on any atom is 0.0319 e. The Hall–Kier alpha value is -7.46. The van der Waals surface area contributed by atoms with Crippen LogP contribution in [0.2, 0.25) is 0 Å². The zero-order chi connectivity index (χ0) is 49.9. The molecule has 0 heterocycles. The van der Waals surface area contributed by atoms with Gasteiger partial charge in [-0.2, -0.15) is 0 Å². The first kappa shape index (κ1) is 54.1. The van der Waals surface area contributed by atoms with Crippen LogP contribution in [0, 0.1) is 0 Å². The summed E-state index contributed by atoms with van der Waals surface area (Å²) in [6.07, 6.45) is 34.7. The summed E-state index contributed by atoms with van der Waals surface area (Å²) in [5.74, 6) is 0.481. The van der Waals surface area contributed by atoms with Gasteiger partial charge >= 0.3 is 0 Å². The summed E-state index contributed by atoms with van der Waals surface area (Å²) >= 11 is 0. The van der Waals surface area contributed by atoms with Crippen LogP contribution in [0.25, 0.3) is 44.2 Å². The number of benzene rings is 6. The minimum atomic E-state index is -0.272. The van der Waals surface area contributed by atoms with Crippen molar-refractivity contribution in [2.24, 2.45) is 5.73 Å². The zero-order valence-corrected chi connectivity index (χ0v) is 41.9. The first-order valence-electron chi connectivity index (χ1n) is 24.2. The van der Waals surface area contributed by atoms with E-state index in [4.69, 9.17) is 16.6 Å². The van der Waals surface area contributed by atoms with Crippen LogP contribution in [0.1, 0.15) is 77.3 Å². The molecule has 2 atom stereocenters. The molecule has 6 aromatic carbocycles. The predicted octanol–water partition coefficient (Wildman–Crippen LogP) is 17.5. The summed E-state index contributed by atoms with van der Waals surface area (Å²) in [7, 11) is 1.00. The second kappa shape index (κ2) is 29.3. The first-order valence-corrected chi connectivity index (χ1v) is 24.2. The molecule has 5 N–H and O–H groups in total. The van der Waals surface area contributed by atoms with Crippen LogP contribution in [-0.2, 0) is 5.41 Å². The quantitative estimate of drug-likeness (QED) is 0.0849. The van der Waals surface area contributed by atoms with Crippen LogP contribution >= 0.6 is 0 Å². The van der Waals surface area contributed by atoms with Gasteiger partial charge in [0, 0.05) is 24.1 Å². The monoisotopic (exact) mass is 911 g/mol. The molecule has 0 bridgehead atoms. The summed E-state index contributed by atoms with van der Waals surface area (Å²) < 4.78 is 0. The van der Waals surface area contributed by atoms with E-state index >= 15 is 0 Å². The number of allylic oxidation sites excluding steroid dienone is 17. The standard InChI is InChI=1S/C44H42.C12H11N.C7H11N.C2H6.CH4O/c1-32-14-6-5-13-29-44(4,34(3)17-9-7-15-32)43-31-40-19-11-10-18-39(40)30-42(43)38-27-23-36(24-28-38)35-21-25-37(26-22-35)41-20-12-8-16-33(41)2;13-12-8-6-11(7-9-12)10-4-2-1-3-5-10;1-2-3-4-5-6-7-8;2*1-2/h5,7-13,15-19,21-28,30-31,41H,1,3,6,14,20,29H2,2,4H3;1-9H,13H2;2-7H,8H2,1H3;1-2H3;2H,1H3/b13-5-,15-7-,17-9-;;3-2+,5-4-,7-6-;;. The van der Waals surface area contributed by atoms with Crippen molar-refractivity contribution in [3.63, 3.8) is 0 Å². The number of fused-ring (bicyclic) bond motifs is 1. The largest absolute Gasteiger partial charge is 0.405 e. The molecule has 0 aromatic heterocycles. The van der Waals surface area contributed by atoms with Crippen LogP contribution in [-0.4, -0.2) is 12.2 Å². The van der Waals surface area contributed by atoms with E-state index in [9.17, 15) is 0 Å². The van der Waals surface area contributed by atoms with Crippen LogP contribution in [0.3, 0.4) is 0 Å². The van der Waals surface area contributed by atoms with Crippen molar-refractivity contribution in [1.82, 2.24) is 0 Å². The third-order valence-corrected chi connectivity index (χ3v) is 12.2. The summed E-state index contributed by atoms with van der Waals surface area (Å²) in [6, 6.07) is 49.9. The van der Waals surface area contributed by atoms with Gasteiger partial charge in [-0.3, -0.25) is 0 Å². The Bertz CT molecular complexity index is 2740. The van der Waals surface area contributed by atoms with Gasteiger partial charge in [0.2, 0.25) is 0 Å².